The number of nitrogens with zero attached hydrogens (tertiary/aromatic N) is 3. The first-order chi connectivity index (χ1) is 29.0. The molecule has 59 heavy (non-hydrogen) atoms. The van der Waals surface area contributed by atoms with Crippen LogP contribution in [0.2, 0.25) is 0 Å². The highest BCUT2D eigenvalue weighted by Crippen LogP contribution is 2.50. The van der Waals surface area contributed by atoms with E-state index in [2.05, 4.69) is 172 Å². The van der Waals surface area contributed by atoms with Crippen LogP contribution in [0, 0.1) is 0 Å². The number of fused-ring (bicyclic) bond motifs is 9. The molecule has 3 heterocycles. The maximum atomic E-state index is 6.52. The fraction of sp³-hybridized carbons (Fsp3) is 0.0556. The molecular formula is C54H35N3OS. The summed E-state index contributed by atoms with van der Waals surface area (Å²) in [5.41, 5.74) is 14.4. The maximum absolute atomic E-state index is 6.52. The fourth-order valence-corrected chi connectivity index (χ4v) is 10.3. The van der Waals surface area contributed by atoms with Crippen molar-refractivity contribution in [2.75, 3.05) is 0 Å². The van der Waals surface area contributed by atoms with Crippen molar-refractivity contribution in [1.29, 1.82) is 0 Å². The second kappa shape index (κ2) is 12.9. The molecule has 12 rings (SSSR count). The summed E-state index contributed by atoms with van der Waals surface area (Å²) in [5, 5.41) is 4.64. The fourth-order valence-electron chi connectivity index (χ4n) is 9.17. The highest BCUT2D eigenvalue weighted by atomic mass is 32.1. The predicted octanol–water partition coefficient (Wildman–Crippen LogP) is 14.8. The summed E-state index contributed by atoms with van der Waals surface area (Å²) < 4.78 is 9.04. The van der Waals surface area contributed by atoms with Crippen LogP contribution in [0.25, 0.3) is 110 Å². The number of aromatic nitrogens is 3. The summed E-state index contributed by atoms with van der Waals surface area (Å²) in [6, 6.07) is 62.5. The molecule has 4 nitrogen and oxygen atoms in total. The molecule has 0 spiro atoms. The maximum Gasteiger partial charge on any atom is 0.164 e. The highest BCUT2D eigenvalue weighted by Gasteiger charge is 2.35. The minimum Gasteiger partial charge on any atom is -0.456 e. The molecule has 11 aromatic rings. The first kappa shape index (κ1) is 33.9. The molecule has 0 bridgehead atoms. The molecule has 0 aliphatic heterocycles. The molecule has 0 amide bonds. The Kier molecular flexibility index (Phi) is 7.41. The summed E-state index contributed by atoms with van der Waals surface area (Å²) >= 11 is 1.81. The molecule has 0 fully saturated rings. The zero-order valence-corrected chi connectivity index (χ0v) is 33.2. The van der Waals surface area contributed by atoms with Crippen LogP contribution in [0.15, 0.2) is 180 Å². The SMILES string of the molecule is CC1(C)c2ccccc2-c2ccc(-c3ccc4oc5cccc(-c6cccc(-c7nc(-c8ccccc8)nc(-c8ccc9sc%10ccccc%10c9c8)n7)c6)c5c4c3)cc21. The molecule has 0 radical (unpaired) electrons. The minimum absolute atomic E-state index is 0.0692. The lowest BCUT2D eigenvalue weighted by atomic mass is 9.81. The number of thiophene rings is 1. The Morgan fingerprint density at radius 3 is 1.88 bits per heavy atom. The molecule has 8 aromatic carbocycles. The number of benzene rings is 8. The van der Waals surface area contributed by atoms with E-state index in [0.29, 0.717) is 17.5 Å². The molecule has 0 N–H and O–H groups in total. The molecule has 5 heteroatoms. The van der Waals surface area contributed by atoms with Crippen molar-refractivity contribution in [2.24, 2.45) is 0 Å². The van der Waals surface area contributed by atoms with E-state index in [1.54, 1.807) is 0 Å². The highest BCUT2D eigenvalue weighted by molar-refractivity contribution is 7.25. The standard InChI is InChI=1S/C54H35N3OS/c1-54(2)44-19-8-6-16-39(44)40-25-22-34(31-45(40)54)33-23-26-46-43(29-33)50-38(18-11-20-47(50)58-46)35-14-10-15-36(28-35)52-55-51(32-12-4-3-5-13-32)56-53(57-52)37-24-27-49-42(30-37)41-17-7-9-21-48(41)59-49/h3-31H,1-2H3. The van der Waals surface area contributed by atoms with Crippen LogP contribution in [0.3, 0.4) is 0 Å². The number of rotatable bonds is 5. The topological polar surface area (TPSA) is 51.8 Å². The van der Waals surface area contributed by atoms with Crippen molar-refractivity contribution in [3.8, 4) is 67.5 Å². The van der Waals surface area contributed by atoms with Gasteiger partial charge in [0.15, 0.2) is 17.5 Å². The molecule has 0 saturated carbocycles. The van der Waals surface area contributed by atoms with Gasteiger partial charge in [-0.25, -0.2) is 15.0 Å². The van der Waals surface area contributed by atoms with Gasteiger partial charge in [-0.3, -0.25) is 0 Å². The molecular weight excluding hydrogens is 739 g/mol. The molecule has 0 saturated heterocycles. The van der Waals surface area contributed by atoms with Gasteiger partial charge in [0.05, 0.1) is 0 Å². The van der Waals surface area contributed by atoms with E-state index in [4.69, 9.17) is 19.4 Å². The Morgan fingerprint density at radius 1 is 0.390 bits per heavy atom. The van der Waals surface area contributed by atoms with E-state index in [1.165, 1.54) is 48.0 Å². The van der Waals surface area contributed by atoms with E-state index >= 15 is 0 Å². The molecule has 3 aromatic heterocycles. The van der Waals surface area contributed by atoms with Crippen molar-refractivity contribution >= 4 is 53.4 Å². The van der Waals surface area contributed by atoms with E-state index in [9.17, 15) is 0 Å². The molecule has 1 aliphatic carbocycles. The zero-order valence-electron chi connectivity index (χ0n) is 32.4. The second-order valence-electron chi connectivity index (χ2n) is 16.0. The minimum atomic E-state index is -0.0692. The van der Waals surface area contributed by atoms with Crippen molar-refractivity contribution in [3.63, 3.8) is 0 Å². The lowest BCUT2D eigenvalue weighted by Gasteiger charge is -2.22. The zero-order chi connectivity index (χ0) is 39.2. The van der Waals surface area contributed by atoms with Crippen LogP contribution in [-0.2, 0) is 5.41 Å². The van der Waals surface area contributed by atoms with Crippen LogP contribution < -0.4 is 0 Å². The third-order valence-electron chi connectivity index (χ3n) is 12.1. The van der Waals surface area contributed by atoms with Gasteiger partial charge < -0.3 is 4.42 Å². The Bertz CT molecular complexity index is 3490. The monoisotopic (exact) mass is 773 g/mol. The van der Waals surface area contributed by atoms with E-state index in [0.717, 1.165) is 55.3 Å². The lowest BCUT2D eigenvalue weighted by molar-refractivity contribution is 0.660. The van der Waals surface area contributed by atoms with Gasteiger partial charge >= 0.3 is 0 Å². The Labute approximate surface area is 345 Å². The van der Waals surface area contributed by atoms with Crippen LogP contribution in [-0.4, -0.2) is 15.0 Å². The molecule has 0 unspecified atom stereocenters. The summed E-state index contributed by atoms with van der Waals surface area (Å²) in [5.74, 6) is 1.91. The number of hydrogen-bond acceptors (Lipinski definition) is 5. The Balaban J connectivity index is 0.978. The van der Waals surface area contributed by atoms with Gasteiger partial charge in [0.2, 0.25) is 0 Å². The van der Waals surface area contributed by atoms with E-state index in [-0.39, 0.29) is 5.41 Å². The van der Waals surface area contributed by atoms with Gasteiger partial charge in [0.25, 0.3) is 0 Å². The third-order valence-corrected chi connectivity index (χ3v) is 13.3. The van der Waals surface area contributed by atoms with Crippen LogP contribution in [0.1, 0.15) is 25.0 Å². The lowest BCUT2D eigenvalue weighted by Crippen LogP contribution is -2.14. The van der Waals surface area contributed by atoms with Gasteiger partial charge in [0.1, 0.15) is 11.2 Å². The number of furan rings is 1. The summed E-state index contributed by atoms with van der Waals surface area (Å²) in [7, 11) is 0. The van der Waals surface area contributed by atoms with Gasteiger partial charge in [-0.2, -0.15) is 0 Å². The normalized spacial score (nSPS) is 13.1. The Morgan fingerprint density at radius 2 is 1.00 bits per heavy atom. The van der Waals surface area contributed by atoms with Crippen LogP contribution in [0.4, 0.5) is 0 Å². The smallest absolute Gasteiger partial charge is 0.164 e. The molecule has 0 atom stereocenters. The van der Waals surface area contributed by atoms with Crippen molar-refractivity contribution in [1.82, 2.24) is 15.0 Å². The summed E-state index contributed by atoms with van der Waals surface area (Å²) in [6.45, 7) is 4.67. The Hall–Kier alpha value is -7.21. The van der Waals surface area contributed by atoms with Gasteiger partial charge in [0, 0.05) is 53.1 Å². The first-order valence-electron chi connectivity index (χ1n) is 20.0. The van der Waals surface area contributed by atoms with Crippen molar-refractivity contribution in [2.45, 2.75) is 19.3 Å². The predicted molar refractivity (Wildman–Crippen MR) is 245 cm³/mol. The summed E-state index contributed by atoms with van der Waals surface area (Å²) in [6.07, 6.45) is 0. The van der Waals surface area contributed by atoms with Gasteiger partial charge in [-0.1, -0.05) is 135 Å². The van der Waals surface area contributed by atoms with Crippen molar-refractivity contribution in [3.05, 3.63) is 187 Å². The molecule has 1 aliphatic rings. The third kappa shape index (κ3) is 5.39. The van der Waals surface area contributed by atoms with E-state index in [1.807, 2.05) is 29.5 Å². The van der Waals surface area contributed by atoms with Gasteiger partial charge in [-0.15, -0.1) is 11.3 Å². The average molecular weight is 774 g/mol. The van der Waals surface area contributed by atoms with E-state index < -0.39 is 0 Å². The van der Waals surface area contributed by atoms with Crippen LogP contribution in [0.5, 0.6) is 0 Å². The van der Waals surface area contributed by atoms with Gasteiger partial charge in [-0.05, 0) is 99.1 Å². The largest absolute Gasteiger partial charge is 0.456 e. The molecule has 278 valence electrons. The first-order valence-corrected chi connectivity index (χ1v) is 20.8. The van der Waals surface area contributed by atoms with Crippen LogP contribution >= 0.6 is 11.3 Å². The number of hydrogen-bond donors (Lipinski definition) is 0. The average Bonchev–Trinajstić information content (AvgIpc) is 3.93. The quantitative estimate of drug-likeness (QED) is 0.175. The summed E-state index contributed by atoms with van der Waals surface area (Å²) in [4.78, 5) is 15.3. The second-order valence-corrected chi connectivity index (χ2v) is 17.1. The van der Waals surface area contributed by atoms with Crippen molar-refractivity contribution < 1.29 is 4.42 Å².